The number of morpholine rings is 1. The quantitative estimate of drug-likeness (QED) is 0.299. The first-order valence-corrected chi connectivity index (χ1v) is 14.1. The average molecular weight is 582 g/mol. The Hall–Kier alpha value is -3.80. The van der Waals surface area contributed by atoms with Crippen LogP contribution in [0.4, 0.5) is 0 Å². The summed E-state index contributed by atoms with van der Waals surface area (Å²) in [6.45, 7) is 6.09. The van der Waals surface area contributed by atoms with Crippen LogP contribution in [-0.4, -0.2) is 98.6 Å². The van der Waals surface area contributed by atoms with Gasteiger partial charge < -0.3 is 29.6 Å². The monoisotopic (exact) mass is 581 g/mol. The average Bonchev–Trinajstić information content (AvgIpc) is 3.75. The number of rotatable bonds is 15. The van der Waals surface area contributed by atoms with Crippen LogP contribution in [0.1, 0.15) is 25.8 Å². The third-order valence-corrected chi connectivity index (χ3v) is 7.36. The molecule has 2 N–H and O–H groups in total. The van der Waals surface area contributed by atoms with E-state index < -0.39 is 29.7 Å². The summed E-state index contributed by atoms with van der Waals surface area (Å²) in [6, 6.07) is 14.2. The van der Waals surface area contributed by atoms with Crippen molar-refractivity contribution in [1.82, 2.24) is 15.5 Å². The van der Waals surface area contributed by atoms with Gasteiger partial charge >= 0.3 is 0 Å². The molecule has 4 rings (SSSR count). The van der Waals surface area contributed by atoms with E-state index in [2.05, 4.69) is 10.6 Å². The van der Waals surface area contributed by atoms with Crippen LogP contribution in [-0.2, 0) is 35.1 Å². The van der Waals surface area contributed by atoms with E-state index in [1.807, 2.05) is 35.2 Å². The zero-order valence-electron chi connectivity index (χ0n) is 24.3. The van der Waals surface area contributed by atoms with Crippen LogP contribution >= 0.6 is 0 Å². The number of ether oxygens (including phenoxy) is 4. The molecule has 0 spiro atoms. The number of hydrogen-bond donors (Lipinski definition) is 2. The fourth-order valence-electron chi connectivity index (χ4n) is 4.64. The van der Waals surface area contributed by atoms with Crippen molar-refractivity contribution in [1.29, 1.82) is 0 Å². The van der Waals surface area contributed by atoms with Crippen LogP contribution in [0.2, 0.25) is 0 Å². The molecule has 0 saturated carbocycles. The number of hydrogen-bond acceptors (Lipinski definition) is 9. The molecule has 2 aromatic rings. The molecule has 2 amide bonds. The number of nitrogens with zero attached hydrogens (tertiary/aromatic N) is 1. The molecule has 0 aromatic heterocycles. The zero-order chi connectivity index (χ0) is 30.1. The Labute approximate surface area is 245 Å². The van der Waals surface area contributed by atoms with Crippen molar-refractivity contribution in [3.05, 3.63) is 60.2 Å². The highest BCUT2D eigenvalue weighted by Crippen LogP contribution is 2.29. The van der Waals surface area contributed by atoms with Crippen molar-refractivity contribution >= 4 is 23.4 Å². The number of methoxy groups -OCH3 is 1. The summed E-state index contributed by atoms with van der Waals surface area (Å²) in [5.74, 6) is -0.607. The summed E-state index contributed by atoms with van der Waals surface area (Å²) in [5.41, 5.74) is -0.102. The second kappa shape index (κ2) is 14.4. The smallest absolute Gasteiger partial charge is 0.262 e. The van der Waals surface area contributed by atoms with E-state index in [1.54, 1.807) is 38.1 Å². The van der Waals surface area contributed by atoms with E-state index in [1.165, 1.54) is 7.11 Å². The standard InChI is InChI=1S/C31H39N3O8/c1-21(32-28(36)19-34-13-15-40-16-14-34)26(35)18-27(42-24-11-9-23(39-3)10-12-24)30(38)33-25(29(37)31(2)20-41-31)17-22-7-5-4-6-8-22/h4-12,21,25,27H,13-20H2,1-3H3,(H,32,36)(H,33,38)/t21-,25-,27+,31?/m0/s1. The fraction of sp³-hybridized carbons (Fsp3) is 0.484. The van der Waals surface area contributed by atoms with Crippen LogP contribution < -0.4 is 20.1 Å². The Morgan fingerprint density at radius 3 is 2.24 bits per heavy atom. The lowest BCUT2D eigenvalue weighted by molar-refractivity contribution is -0.136. The number of benzene rings is 2. The molecular formula is C31H39N3O8. The molecule has 11 heteroatoms. The molecule has 4 atom stereocenters. The highest BCUT2D eigenvalue weighted by atomic mass is 16.6. The molecule has 11 nitrogen and oxygen atoms in total. The molecular weight excluding hydrogens is 542 g/mol. The summed E-state index contributed by atoms with van der Waals surface area (Å²) in [5, 5.41) is 5.54. The maximum Gasteiger partial charge on any atom is 0.262 e. The van der Waals surface area contributed by atoms with Gasteiger partial charge in [-0.05, 0) is 50.1 Å². The molecule has 2 fully saturated rings. The minimum Gasteiger partial charge on any atom is -0.497 e. The van der Waals surface area contributed by atoms with Crippen LogP contribution in [0.5, 0.6) is 11.5 Å². The third kappa shape index (κ3) is 8.85. The number of ketones is 2. The van der Waals surface area contributed by atoms with Crippen molar-refractivity contribution < 1.29 is 38.1 Å². The Morgan fingerprint density at radius 1 is 0.976 bits per heavy atom. The van der Waals surface area contributed by atoms with Crippen molar-refractivity contribution in [2.24, 2.45) is 0 Å². The number of carbonyl (C=O) groups is 4. The first kappa shape index (κ1) is 31.1. The first-order chi connectivity index (χ1) is 20.2. The Morgan fingerprint density at radius 2 is 1.62 bits per heavy atom. The molecule has 1 unspecified atom stereocenters. The second-order valence-corrected chi connectivity index (χ2v) is 10.8. The normalized spacial score (nSPS) is 20.5. The summed E-state index contributed by atoms with van der Waals surface area (Å²) in [6.07, 6.45) is -1.33. The lowest BCUT2D eigenvalue weighted by Crippen LogP contribution is -2.52. The van der Waals surface area contributed by atoms with Gasteiger partial charge in [0.2, 0.25) is 5.91 Å². The molecule has 2 aliphatic rings. The predicted molar refractivity (Wildman–Crippen MR) is 153 cm³/mol. The van der Waals surface area contributed by atoms with Crippen LogP contribution in [0, 0.1) is 0 Å². The van der Waals surface area contributed by atoms with Crippen LogP contribution in [0.3, 0.4) is 0 Å². The van der Waals surface area contributed by atoms with Crippen LogP contribution in [0.15, 0.2) is 54.6 Å². The van der Waals surface area contributed by atoms with E-state index in [0.717, 1.165) is 5.56 Å². The van der Waals surface area contributed by atoms with Gasteiger partial charge in [-0.2, -0.15) is 0 Å². The molecule has 226 valence electrons. The Bertz CT molecular complexity index is 1230. The van der Waals surface area contributed by atoms with Gasteiger partial charge in [-0.15, -0.1) is 0 Å². The van der Waals surface area contributed by atoms with Gasteiger partial charge in [0, 0.05) is 13.1 Å². The topological polar surface area (TPSA) is 136 Å². The number of amides is 2. The minimum absolute atomic E-state index is 0.150. The maximum atomic E-state index is 13.7. The molecule has 2 saturated heterocycles. The molecule has 0 aliphatic carbocycles. The van der Waals surface area contributed by atoms with E-state index in [4.69, 9.17) is 18.9 Å². The fourth-order valence-corrected chi connectivity index (χ4v) is 4.64. The van der Waals surface area contributed by atoms with E-state index in [-0.39, 0.29) is 43.5 Å². The highest BCUT2D eigenvalue weighted by Gasteiger charge is 2.50. The third-order valence-electron chi connectivity index (χ3n) is 7.36. The SMILES string of the molecule is COc1ccc(O[C@H](CC(=O)[C@H](C)NC(=O)CN2CCOCC2)C(=O)N[C@@H](Cc2ccccc2)C(=O)C2(C)CO2)cc1. The number of carbonyl (C=O) groups excluding carboxylic acids is 4. The zero-order valence-corrected chi connectivity index (χ0v) is 24.3. The molecule has 2 heterocycles. The molecule has 0 radical (unpaired) electrons. The minimum atomic E-state index is -1.26. The van der Waals surface area contributed by atoms with Crippen molar-refractivity contribution in [3.63, 3.8) is 0 Å². The van der Waals surface area contributed by atoms with Gasteiger partial charge in [-0.1, -0.05) is 30.3 Å². The van der Waals surface area contributed by atoms with Crippen molar-refractivity contribution in [2.45, 2.75) is 50.5 Å². The van der Waals surface area contributed by atoms with Gasteiger partial charge in [0.1, 0.15) is 17.1 Å². The Kier molecular flexibility index (Phi) is 10.7. The predicted octanol–water partition coefficient (Wildman–Crippen LogP) is 1.32. The van der Waals surface area contributed by atoms with E-state index in [0.29, 0.717) is 37.8 Å². The summed E-state index contributed by atoms with van der Waals surface area (Å²) < 4.78 is 21.9. The number of epoxide rings is 1. The molecule has 0 bridgehead atoms. The van der Waals surface area contributed by atoms with Gasteiger partial charge in [0.25, 0.3) is 5.91 Å². The van der Waals surface area contributed by atoms with Crippen molar-refractivity contribution in [2.75, 3.05) is 46.6 Å². The highest BCUT2D eigenvalue weighted by molar-refractivity contribution is 5.98. The van der Waals surface area contributed by atoms with Gasteiger partial charge in [0.05, 0.1) is 52.0 Å². The molecule has 2 aromatic carbocycles. The second-order valence-electron chi connectivity index (χ2n) is 10.8. The number of Topliss-reactive ketones (excluding diaryl/α,β-unsaturated/α-hetero) is 2. The Balaban J connectivity index is 1.46. The first-order valence-electron chi connectivity index (χ1n) is 14.1. The van der Waals surface area contributed by atoms with Gasteiger partial charge in [0.15, 0.2) is 17.7 Å². The molecule has 42 heavy (non-hydrogen) atoms. The maximum absolute atomic E-state index is 13.7. The lowest BCUT2D eigenvalue weighted by Gasteiger charge is -2.27. The molecule has 2 aliphatic heterocycles. The van der Waals surface area contributed by atoms with Gasteiger partial charge in [-0.25, -0.2) is 0 Å². The van der Waals surface area contributed by atoms with E-state index in [9.17, 15) is 19.2 Å². The number of nitrogens with one attached hydrogen (secondary N) is 2. The summed E-state index contributed by atoms with van der Waals surface area (Å²) in [4.78, 5) is 54.7. The lowest BCUT2D eigenvalue weighted by atomic mass is 9.94. The summed E-state index contributed by atoms with van der Waals surface area (Å²) >= 11 is 0. The summed E-state index contributed by atoms with van der Waals surface area (Å²) in [7, 11) is 1.54. The largest absolute Gasteiger partial charge is 0.497 e. The van der Waals surface area contributed by atoms with E-state index >= 15 is 0 Å². The van der Waals surface area contributed by atoms with Crippen molar-refractivity contribution in [3.8, 4) is 11.5 Å². The van der Waals surface area contributed by atoms with Crippen LogP contribution in [0.25, 0.3) is 0 Å². The van der Waals surface area contributed by atoms with Gasteiger partial charge in [-0.3, -0.25) is 24.1 Å².